The van der Waals surface area contributed by atoms with Crippen LogP contribution in [0.1, 0.15) is 17.6 Å². The average Bonchev–Trinajstić information content (AvgIpc) is 2.73. The zero-order valence-corrected chi connectivity index (χ0v) is 15.7. The lowest BCUT2D eigenvalue weighted by molar-refractivity contribution is -0.384. The van der Waals surface area contributed by atoms with Crippen molar-refractivity contribution in [2.24, 2.45) is 0 Å². The van der Waals surface area contributed by atoms with Crippen LogP contribution in [-0.2, 0) is 0 Å². The van der Waals surface area contributed by atoms with Gasteiger partial charge in [0.1, 0.15) is 0 Å². The van der Waals surface area contributed by atoms with Gasteiger partial charge >= 0.3 is 0 Å². The summed E-state index contributed by atoms with van der Waals surface area (Å²) in [7, 11) is 4.78. The SMILES string of the molecule is [B-][P+](c1ccccc1)(c1ccccc1)[C@@H](CCO)c1ccc([N+](=O)[O-])cc1. The number of nitro benzene ring substituents is 1. The second-order valence-corrected chi connectivity index (χ2v) is 9.54. The minimum absolute atomic E-state index is 0.0136. The summed E-state index contributed by atoms with van der Waals surface area (Å²) in [4.78, 5) is 10.6. The second kappa shape index (κ2) is 8.47. The van der Waals surface area contributed by atoms with Gasteiger partial charge < -0.3 is 5.11 Å². The fourth-order valence-corrected chi connectivity index (χ4v) is 6.92. The van der Waals surface area contributed by atoms with E-state index in [0.717, 1.165) is 16.2 Å². The minimum Gasteiger partial charge on any atom is -0.396 e. The summed E-state index contributed by atoms with van der Waals surface area (Å²) in [5.74, 6) is 0. The van der Waals surface area contributed by atoms with Crippen molar-refractivity contribution in [3.63, 3.8) is 0 Å². The van der Waals surface area contributed by atoms with Gasteiger partial charge in [-0.05, 0) is 42.0 Å². The molecule has 135 valence electrons. The van der Waals surface area contributed by atoms with Crippen molar-refractivity contribution in [2.75, 3.05) is 6.61 Å². The van der Waals surface area contributed by atoms with Gasteiger partial charge in [0.15, 0.2) is 0 Å². The van der Waals surface area contributed by atoms with Crippen LogP contribution < -0.4 is 10.6 Å². The van der Waals surface area contributed by atoms with Crippen molar-refractivity contribution in [2.45, 2.75) is 12.1 Å². The maximum Gasteiger partial charge on any atom is 0.269 e. The lowest BCUT2D eigenvalue weighted by atomic mass is 10.1. The van der Waals surface area contributed by atoms with Crippen LogP contribution in [0.2, 0.25) is 0 Å². The molecule has 3 radical (unpaired) electrons. The number of hydrogen-bond acceptors (Lipinski definition) is 3. The number of rotatable bonds is 7. The Morgan fingerprint density at radius 3 is 1.78 bits per heavy atom. The largest absolute Gasteiger partial charge is 0.396 e. The van der Waals surface area contributed by atoms with Gasteiger partial charge in [-0.3, -0.25) is 17.7 Å². The van der Waals surface area contributed by atoms with Crippen LogP contribution in [0.25, 0.3) is 0 Å². The number of aliphatic hydroxyl groups excluding tert-OH is 1. The van der Waals surface area contributed by atoms with E-state index >= 15 is 0 Å². The summed E-state index contributed by atoms with van der Waals surface area (Å²) in [5.41, 5.74) is 0.799. The fourth-order valence-electron chi connectivity index (χ4n) is 3.40. The van der Waals surface area contributed by atoms with Gasteiger partial charge in [-0.2, -0.15) is 7.14 Å². The molecule has 0 aliphatic heterocycles. The molecule has 6 heteroatoms. The van der Waals surface area contributed by atoms with E-state index in [-0.39, 0.29) is 18.0 Å². The van der Waals surface area contributed by atoms with E-state index in [1.165, 1.54) is 12.1 Å². The first-order valence-corrected chi connectivity index (χ1v) is 10.6. The van der Waals surface area contributed by atoms with E-state index in [0.29, 0.717) is 6.42 Å². The summed E-state index contributed by atoms with van der Waals surface area (Å²) in [6.07, 6.45) is 0.478. The Morgan fingerprint density at radius 1 is 0.889 bits per heavy atom. The van der Waals surface area contributed by atoms with Crippen LogP contribution >= 0.6 is 7.14 Å². The Bertz CT molecular complexity index is 849. The number of hydrogen-bond donors (Lipinski definition) is 1. The van der Waals surface area contributed by atoms with Crippen LogP contribution in [0.5, 0.6) is 0 Å². The zero-order valence-electron chi connectivity index (χ0n) is 14.8. The number of nitrogens with zero attached hydrogens (tertiary/aromatic N) is 1. The highest BCUT2D eigenvalue weighted by Crippen LogP contribution is 2.65. The molecule has 27 heavy (non-hydrogen) atoms. The monoisotopic (exact) mass is 376 g/mol. The van der Waals surface area contributed by atoms with Crippen LogP contribution in [0.15, 0.2) is 84.9 Å². The molecule has 0 aromatic heterocycles. The van der Waals surface area contributed by atoms with Crippen molar-refractivity contribution >= 4 is 31.0 Å². The molecule has 0 fully saturated rings. The van der Waals surface area contributed by atoms with E-state index in [2.05, 4.69) is 0 Å². The third-order valence-electron chi connectivity index (χ3n) is 4.75. The van der Waals surface area contributed by atoms with Crippen molar-refractivity contribution in [3.8, 4) is 0 Å². The lowest BCUT2D eigenvalue weighted by Gasteiger charge is -2.44. The average molecular weight is 376 g/mol. The van der Waals surface area contributed by atoms with E-state index in [1.807, 2.05) is 60.7 Å². The van der Waals surface area contributed by atoms with Gasteiger partial charge in [0.2, 0.25) is 0 Å². The van der Waals surface area contributed by atoms with Crippen LogP contribution in [0, 0.1) is 10.1 Å². The van der Waals surface area contributed by atoms with Crippen LogP contribution in [0.4, 0.5) is 5.69 Å². The maximum absolute atomic E-state index is 11.0. The van der Waals surface area contributed by atoms with Gasteiger partial charge in [0.25, 0.3) is 5.69 Å². The van der Waals surface area contributed by atoms with Crippen LogP contribution in [-0.4, -0.2) is 24.2 Å². The smallest absolute Gasteiger partial charge is 0.269 e. The molecule has 3 aromatic carbocycles. The molecular formula is C21H20BNO3P. The molecule has 0 saturated carbocycles. The Kier molecular flexibility index (Phi) is 6.05. The van der Waals surface area contributed by atoms with Gasteiger partial charge in [0.05, 0.1) is 10.6 Å². The molecule has 0 bridgehead atoms. The van der Waals surface area contributed by atoms with E-state index in [1.54, 1.807) is 12.1 Å². The highest BCUT2D eigenvalue weighted by Gasteiger charge is 2.35. The van der Waals surface area contributed by atoms with Crippen molar-refractivity contribution in [1.82, 2.24) is 0 Å². The predicted octanol–water partition coefficient (Wildman–Crippen LogP) is 3.77. The number of nitro groups is 1. The van der Waals surface area contributed by atoms with Gasteiger partial charge in [-0.1, -0.05) is 36.4 Å². The molecule has 4 nitrogen and oxygen atoms in total. The standard InChI is InChI=1S/C21H20BNO3P/c22-27(19-7-3-1-4-8-19,20-9-5-2-6-10-20)21(15-16-24)17-11-13-18(14-12-17)23(25)26/h1-14,21,24H,15-16H2/t21-/m0/s1. The first-order chi connectivity index (χ1) is 13.1. The summed E-state index contributed by atoms with van der Waals surface area (Å²) in [5, 5.41) is 22.8. The molecule has 0 saturated heterocycles. The molecular weight excluding hydrogens is 356 g/mol. The summed E-state index contributed by atoms with van der Waals surface area (Å²) < 4.78 is 0. The molecule has 1 N–H and O–H groups in total. The molecule has 0 unspecified atom stereocenters. The topological polar surface area (TPSA) is 63.4 Å². The van der Waals surface area contributed by atoms with E-state index in [9.17, 15) is 15.2 Å². The van der Waals surface area contributed by atoms with Crippen molar-refractivity contribution < 1.29 is 10.0 Å². The quantitative estimate of drug-likeness (QED) is 0.296. The fraction of sp³-hybridized carbons (Fsp3) is 0.143. The lowest BCUT2D eigenvalue weighted by Crippen LogP contribution is -2.28. The maximum atomic E-state index is 11.0. The summed E-state index contributed by atoms with van der Waals surface area (Å²) in [6.45, 7) is -0.0136. The van der Waals surface area contributed by atoms with E-state index in [4.69, 9.17) is 7.57 Å². The predicted molar refractivity (Wildman–Crippen MR) is 112 cm³/mol. The van der Waals surface area contributed by atoms with Crippen LogP contribution in [0.3, 0.4) is 0 Å². The number of benzene rings is 3. The Morgan fingerprint density at radius 2 is 1.37 bits per heavy atom. The first-order valence-electron chi connectivity index (χ1n) is 8.71. The minimum atomic E-state index is -2.39. The van der Waals surface area contributed by atoms with Gasteiger partial charge in [-0.25, -0.2) is 0 Å². The molecule has 0 spiro atoms. The Balaban J connectivity index is 2.16. The molecule has 1 atom stereocenters. The highest BCUT2D eigenvalue weighted by atomic mass is 31.2. The van der Waals surface area contributed by atoms with Crippen molar-refractivity contribution in [1.29, 1.82) is 0 Å². The first kappa shape index (κ1) is 19.3. The zero-order chi connectivity index (χ0) is 19.3. The molecule has 3 aromatic rings. The van der Waals surface area contributed by atoms with Crippen molar-refractivity contribution in [3.05, 3.63) is 101 Å². The third-order valence-corrected chi connectivity index (χ3v) is 8.59. The molecule has 3 rings (SSSR count). The van der Waals surface area contributed by atoms with Gasteiger partial charge in [-0.15, -0.1) is 0 Å². The summed E-state index contributed by atoms with van der Waals surface area (Å²) >= 11 is 0. The molecule has 0 amide bonds. The number of non-ortho nitro benzene ring substituents is 1. The molecule has 0 heterocycles. The second-order valence-electron chi connectivity index (χ2n) is 6.33. The number of aliphatic hydroxyl groups is 1. The third kappa shape index (κ3) is 3.95. The summed E-state index contributed by atoms with van der Waals surface area (Å²) in [6, 6.07) is 26.4. The molecule has 0 aliphatic rings. The normalized spacial score (nSPS) is 12.5. The van der Waals surface area contributed by atoms with E-state index < -0.39 is 12.1 Å². The van der Waals surface area contributed by atoms with Gasteiger partial charge in [0, 0.05) is 35.8 Å². The molecule has 0 aliphatic carbocycles. The Labute approximate surface area is 160 Å². The highest BCUT2D eigenvalue weighted by molar-refractivity contribution is 8.08. The Hall–Kier alpha value is -2.49.